The molecule has 0 atom stereocenters. The third-order valence-electron chi connectivity index (χ3n) is 2.03. The minimum absolute atomic E-state index is 0.658. The average Bonchev–Trinajstić information content (AvgIpc) is 2.67. The lowest BCUT2D eigenvalue weighted by molar-refractivity contribution is 0.712. The Morgan fingerprint density at radius 3 is 2.93 bits per heavy atom. The van der Waals surface area contributed by atoms with Gasteiger partial charge in [-0.15, -0.1) is 0 Å². The highest BCUT2D eigenvalue weighted by Gasteiger charge is 2.07. The van der Waals surface area contributed by atoms with Gasteiger partial charge in [0.15, 0.2) is 0 Å². The molecule has 0 radical (unpaired) electrons. The van der Waals surface area contributed by atoms with Gasteiger partial charge in [0.25, 0.3) is 0 Å². The third-order valence-corrected chi connectivity index (χ3v) is 2.35. The van der Waals surface area contributed by atoms with Gasteiger partial charge in [0.1, 0.15) is 12.2 Å². The smallest absolute Gasteiger partial charge is 0.146 e. The van der Waals surface area contributed by atoms with E-state index in [9.17, 15) is 0 Å². The molecule has 0 spiro atoms. The van der Waals surface area contributed by atoms with E-state index in [1.165, 1.54) is 6.33 Å². The number of benzene rings is 1. The van der Waals surface area contributed by atoms with Crippen LogP contribution in [-0.4, -0.2) is 21.8 Å². The molecule has 78 valence electrons. The van der Waals surface area contributed by atoms with E-state index in [1.807, 2.05) is 31.3 Å². The molecule has 0 aliphatic rings. The molecular formula is C10H11ClN4. The van der Waals surface area contributed by atoms with Crippen LogP contribution in [0.25, 0.3) is 5.69 Å². The lowest BCUT2D eigenvalue weighted by Crippen LogP contribution is -2.12. The number of halogens is 1. The van der Waals surface area contributed by atoms with Crippen LogP contribution >= 0.6 is 11.6 Å². The molecule has 0 fully saturated rings. The fourth-order valence-corrected chi connectivity index (χ4v) is 1.58. The maximum atomic E-state index is 6.08. The van der Waals surface area contributed by atoms with Gasteiger partial charge in [-0.2, -0.15) is 5.10 Å². The van der Waals surface area contributed by atoms with Crippen molar-refractivity contribution in [3.05, 3.63) is 41.4 Å². The number of hydrogen-bond acceptors (Lipinski definition) is 3. The highest BCUT2D eigenvalue weighted by molar-refractivity contribution is 6.32. The van der Waals surface area contributed by atoms with Gasteiger partial charge < -0.3 is 5.32 Å². The number of rotatable bonds is 3. The summed E-state index contributed by atoms with van der Waals surface area (Å²) in [7, 11) is 1.87. The molecule has 4 nitrogen and oxygen atoms in total. The minimum Gasteiger partial charge on any atom is -0.313 e. The summed E-state index contributed by atoms with van der Waals surface area (Å²) in [5.74, 6) is 0.839. The Morgan fingerprint density at radius 2 is 2.20 bits per heavy atom. The lowest BCUT2D eigenvalue weighted by atomic mass is 10.3. The second-order valence-corrected chi connectivity index (χ2v) is 3.48. The van der Waals surface area contributed by atoms with E-state index in [2.05, 4.69) is 15.4 Å². The molecule has 5 heteroatoms. The van der Waals surface area contributed by atoms with Gasteiger partial charge in [0.2, 0.25) is 0 Å². The van der Waals surface area contributed by atoms with Crippen LogP contribution < -0.4 is 5.32 Å². The van der Waals surface area contributed by atoms with Crippen LogP contribution in [0.15, 0.2) is 30.6 Å². The zero-order chi connectivity index (χ0) is 10.7. The summed E-state index contributed by atoms with van der Waals surface area (Å²) in [6, 6.07) is 7.56. The molecule has 2 rings (SSSR count). The van der Waals surface area contributed by atoms with Gasteiger partial charge in [-0.1, -0.05) is 23.7 Å². The van der Waals surface area contributed by atoms with E-state index in [0.717, 1.165) is 11.5 Å². The van der Waals surface area contributed by atoms with Crippen LogP contribution in [0.4, 0.5) is 0 Å². The quantitative estimate of drug-likeness (QED) is 0.859. The molecule has 0 amide bonds. The molecular weight excluding hydrogens is 212 g/mol. The van der Waals surface area contributed by atoms with Gasteiger partial charge in [-0.05, 0) is 19.2 Å². The van der Waals surface area contributed by atoms with Crippen LogP contribution in [0.2, 0.25) is 5.02 Å². The predicted molar refractivity (Wildman–Crippen MR) is 59.1 cm³/mol. The Labute approximate surface area is 92.9 Å². The normalized spacial score (nSPS) is 10.5. The average molecular weight is 223 g/mol. The van der Waals surface area contributed by atoms with Gasteiger partial charge in [0, 0.05) is 0 Å². The highest BCUT2D eigenvalue weighted by Crippen LogP contribution is 2.19. The first-order valence-corrected chi connectivity index (χ1v) is 4.99. The van der Waals surface area contributed by atoms with Crippen LogP contribution in [0.3, 0.4) is 0 Å². The standard InChI is InChI=1S/C10H11ClN4/c1-12-6-10-13-7-14-15(10)9-5-3-2-4-8(9)11/h2-5,7,12H,6H2,1H3. The Balaban J connectivity index is 2.45. The second kappa shape index (κ2) is 4.42. The Morgan fingerprint density at radius 1 is 1.40 bits per heavy atom. The number of para-hydroxylation sites is 1. The fourth-order valence-electron chi connectivity index (χ4n) is 1.37. The first kappa shape index (κ1) is 10.1. The molecule has 2 aromatic rings. The van der Waals surface area contributed by atoms with Gasteiger partial charge in [-0.25, -0.2) is 9.67 Å². The molecule has 0 saturated carbocycles. The largest absolute Gasteiger partial charge is 0.313 e. The predicted octanol–water partition coefficient (Wildman–Crippen LogP) is 1.64. The van der Waals surface area contributed by atoms with Gasteiger partial charge in [-0.3, -0.25) is 0 Å². The summed E-state index contributed by atoms with van der Waals surface area (Å²) in [4.78, 5) is 4.15. The van der Waals surface area contributed by atoms with Crippen molar-refractivity contribution in [2.24, 2.45) is 0 Å². The minimum atomic E-state index is 0.658. The van der Waals surface area contributed by atoms with E-state index in [-0.39, 0.29) is 0 Å². The van der Waals surface area contributed by atoms with Crippen LogP contribution in [0.1, 0.15) is 5.82 Å². The van der Waals surface area contributed by atoms with Gasteiger partial charge >= 0.3 is 0 Å². The van der Waals surface area contributed by atoms with E-state index < -0.39 is 0 Å². The summed E-state index contributed by atoms with van der Waals surface area (Å²) in [6.45, 7) is 0.658. The van der Waals surface area contributed by atoms with Crippen molar-refractivity contribution in [2.75, 3.05) is 7.05 Å². The zero-order valence-corrected chi connectivity index (χ0v) is 9.07. The summed E-state index contributed by atoms with van der Waals surface area (Å²) in [5.41, 5.74) is 0.849. The summed E-state index contributed by atoms with van der Waals surface area (Å²) in [6.07, 6.45) is 1.52. The number of aromatic nitrogens is 3. The van der Waals surface area contributed by atoms with E-state index in [4.69, 9.17) is 11.6 Å². The van der Waals surface area contributed by atoms with Crippen molar-refractivity contribution >= 4 is 11.6 Å². The zero-order valence-electron chi connectivity index (χ0n) is 8.31. The van der Waals surface area contributed by atoms with E-state index >= 15 is 0 Å². The first-order valence-electron chi connectivity index (χ1n) is 4.61. The maximum absolute atomic E-state index is 6.08. The first-order chi connectivity index (χ1) is 7.33. The number of nitrogens with one attached hydrogen (secondary N) is 1. The summed E-state index contributed by atoms with van der Waals surface area (Å²) in [5, 5.41) is 7.85. The molecule has 1 aromatic carbocycles. The van der Waals surface area contributed by atoms with Crippen molar-refractivity contribution in [3.8, 4) is 5.69 Å². The maximum Gasteiger partial charge on any atom is 0.146 e. The highest BCUT2D eigenvalue weighted by atomic mass is 35.5. The Hall–Kier alpha value is -1.39. The fraction of sp³-hybridized carbons (Fsp3) is 0.200. The van der Waals surface area contributed by atoms with Crippen molar-refractivity contribution in [2.45, 2.75) is 6.54 Å². The molecule has 0 aliphatic carbocycles. The van der Waals surface area contributed by atoms with E-state index in [1.54, 1.807) is 4.68 Å². The summed E-state index contributed by atoms with van der Waals surface area (Å²) < 4.78 is 1.73. The second-order valence-electron chi connectivity index (χ2n) is 3.07. The molecule has 0 bridgehead atoms. The molecule has 0 unspecified atom stereocenters. The van der Waals surface area contributed by atoms with E-state index in [0.29, 0.717) is 11.6 Å². The molecule has 0 saturated heterocycles. The molecule has 0 aliphatic heterocycles. The van der Waals surface area contributed by atoms with Crippen molar-refractivity contribution in [1.82, 2.24) is 20.1 Å². The molecule has 1 N–H and O–H groups in total. The van der Waals surface area contributed by atoms with Crippen molar-refractivity contribution in [1.29, 1.82) is 0 Å². The lowest BCUT2D eigenvalue weighted by Gasteiger charge is -2.06. The Bertz CT molecular complexity index is 452. The SMILES string of the molecule is CNCc1ncnn1-c1ccccc1Cl. The van der Waals surface area contributed by atoms with Crippen LogP contribution in [0, 0.1) is 0 Å². The monoisotopic (exact) mass is 222 g/mol. The molecule has 1 heterocycles. The molecule has 1 aromatic heterocycles. The van der Waals surface area contributed by atoms with Gasteiger partial charge in [0.05, 0.1) is 17.3 Å². The summed E-state index contributed by atoms with van der Waals surface area (Å²) >= 11 is 6.08. The van der Waals surface area contributed by atoms with Crippen LogP contribution in [-0.2, 0) is 6.54 Å². The molecule has 15 heavy (non-hydrogen) atoms. The third kappa shape index (κ3) is 2.00. The van der Waals surface area contributed by atoms with Crippen molar-refractivity contribution in [3.63, 3.8) is 0 Å². The van der Waals surface area contributed by atoms with Crippen molar-refractivity contribution < 1.29 is 0 Å². The topological polar surface area (TPSA) is 42.7 Å². The Kier molecular flexibility index (Phi) is 2.99. The van der Waals surface area contributed by atoms with Crippen LogP contribution in [0.5, 0.6) is 0 Å². The number of nitrogens with zero attached hydrogens (tertiary/aromatic N) is 3. The number of hydrogen-bond donors (Lipinski definition) is 1.